The molecule has 0 spiro atoms. The molecule has 0 aromatic rings. The van der Waals surface area contributed by atoms with Crippen molar-refractivity contribution in [1.29, 1.82) is 5.26 Å². The van der Waals surface area contributed by atoms with E-state index in [2.05, 4.69) is 32.2 Å². The van der Waals surface area contributed by atoms with Crippen molar-refractivity contribution < 1.29 is 0 Å². The van der Waals surface area contributed by atoms with E-state index in [1.807, 2.05) is 0 Å². The van der Waals surface area contributed by atoms with Crippen molar-refractivity contribution in [1.82, 2.24) is 5.32 Å². The molecule has 0 heterocycles. The van der Waals surface area contributed by atoms with Gasteiger partial charge >= 0.3 is 0 Å². The van der Waals surface area contributed by atoms with E-state index in [4.69, 9.17) is 5.26 Å². The zero-order chi connectivity index (χ0) is 12.1. The second kappa shape index (κ2) is 5.68. The second-order valence-corrected chi connectivity index (χ2v) is 6.18. The Labute approximate surface area is 100 Å². The molecule has 1 fully saturated rings. The van der Waals surface area contributed by atoms with E-state index < -0.39 is 0 Å². The van der Waals surface area contributed by atoms with Gasteiger partial charge < -0.3 is 5.32 Å². The van der Waals surface area contributed by atoms with Crippen LogP contribution in [0.3, 0.4) is 0 Å². The Bertz CT molecular complexity index is 246. The van der Waals surface area contributed by atoms with Crippen molar-refractivity contribution >= 4 is 0 Å². The van der Waals surface area contributed by atoms with Crippen LogP contribution in [-0.4, -0.2) is 13.1 Å². The predicted octanol–water partition coefficient (Wildman–Crippen LogP) is 3.49. The van der Waals surface area contributed by atoms with E-state index in [1.165, 1.54) is 32.2 Å². The summed E-state index contributed by atoms with van der Waals surface area (Å²) in [6.45, 7) is 8.99. The van der Waals surface area contributed by atoms with Gasteiger partial charge in [-0.3, -0.25) is 0 Å². The van der Waals surface area contributed by atoms with Gasteiger partial charge in [-0.15, -0.1) is 0 Å². The molecule has 1 N–H and O–H groups in total. The Morgan fingerprint density at radius 1 is 1.38 bits per heavy atom. The summed E-state index contributed by atoms with van der Waals surface area (Å²) in [4.78, 5) is 0. The fourth-order valence-electron chi connectivity index (χ4n) is 2.37. The number of hydrogen-bond acceptors (Lipinski definition) is 2. The molecule has 1 saturated carbocycles. The van der Waals surface area contributed by atoms with Crippen molar-refractivity contribution in [3.8, 4) is 6.07 Å². The highest BCUT2D eigenvalue weighted by atomic mass is 14.9. The highest BCUT2D eigenvalue weighted by Gasteiger charge is 2.40. The van der Waals surface area contributed by atoms with Gasteiger partial charge in [0.15, 0.2) is 0 Å². The Kier molecular flexibility index (Phi) is 4.80. The van der Waals surface area contributed by atoms with E-state index in [-0.39, 0.29) is 5.41 Å². The summed E-state index contributed by atoms with van der Waals surface area (Å²) in [5, 5.41) is 12.2. The van der Waals surface area contributed by atoms with Gasteiger partial charge in [0.25, 0.3) is 0 Å². The van der Waals surface area contributed by atoms with Gasteiger partial charge in [0.2, 0.25) is 0 Å². The van der Waals surface area contributed by atoms with Gasteiger partial charge in [-0.2, -0.15) is 5.26 Å². The zero-order valence-electron chi connectivity index (χ0n) is 11.1. The Balaban J connectivity index is 2.17. The summed E-state index contributed by atoms with van der Waals surface area (Å²) >= 11 is 0. The molecular formula is C14H26N2. The molecule has 1 aliphatic rings. The van der Waals surface area contributed by atoms with Crippen molar-refractivity contribution in [2.24, 2.45) is 10.8 Å². The molecule has 2 nitrogen and oxygen atoms in total. The summed E-state index contributed by atoms with van der Waals surface area (Å²) in [5.74, 6) is 0. The lowest BCUT2D eigenvalue weighted by atomic mass is 9.87. The molecular weight excluding hydrogens is 196 g/mol. The molecule has 0 aromatic carbocycles. The molecule has 16 heavy (non-hydrogen) atoms. The van der Waals surface area contributed by atoms with Crippen LogP contribution in [0.4, 0.5) is 0 Å². The van der Waals surface area contributed by atoms with Crippen LogP contribution >= 0.6 is 0 Å². The van der Waals surface area contributed by atoms with E-state index >= 15 is 0 Å². The van der Waals surface area contributed by atoms with Crippen LogP contribution in [0.5, 0.6) is 0 Å². The summed E-state index contributed by atoms with van der Waals surface area (Å²) < 4.78 is 0. The molecule has 0 aliphatic heterocycles. The standard InChI is InChI=1S/C14H26N2/c1-4-6-14(8-9-14)12-16-11-13(2,3)7-5-10-15/h16H,4-9,11-12H2,1-3H3. The first-order valence-electron chi connectivity index (χ1n) is 6.61. The predicted molar refractivity (Wildman–Crippen MR) is 68.1 cm³/mol. The first kappa shape index (κ1) is 13.5. The minimum absolute atomic E-state index is 0.262. The molecule has 0 amide bonds. The highest BCUT2D eigenvalue weighted by molar-refractivity contribution is 4.94. The second-order valence-electron chi connectivity index (χ2n) is 6.18. The zero-order valence-corrected chi connectivity index (χ0v) is 11.1. The molecule has 2 heteroatoms. The van der Waals surface area contributed by atoms with Crippen LogP contribution < -0.4 is 5.32 Å². The first-order valence-corrected chi connectivity index (χ1v) is 6.61. The van der Waals surface area contributed by atoms with Gasteiger partial charge in [-0.25, -0.2) is 0 Å². The average molecular weight is 222 g/mol. The number of nitrogens with one attached hydrogen (secondary N) is 1. The van der Waals surface area contributed by atoms with E-state index in [1.54, 1.807) is 0 Å². The lowest BCUT2D eigenvalue weighted by Crippen LogP contribution is -2.33. The molecule has 0 bridgehead atoms. The van der Waals surface area contributed by atoms with Crippen LogP contribution in [0.2, 0.25) is 0 Å². The Hall–Kier alpha value is -0.550. The average Bonchev–Trinajstić information content (AvgIpc) is 2.96. The van der Waals surface area contributed by atoms with Crippen LogP contribution in [0.25, 0.3) is 0 Å². The Morgan fingerprint density at radius 3 is 2.56 bits per heavy atom. The van der Waals surface area contributed by atoms with E-state index in [0.29, 0.717) is 11.8 Å². The maximum atomic E-state index is 8.59. The molecule has 0 aromatic heterocycles. The number of nitriles is 1. The molecule has 1 aliphatic carbocycles. The molecule has 0 saturated heterocycles. The number of rotatable bonds is 8. The topological polar surface area (TPSA) is 35.8 Å². The minimum atomic E-state index is 0.262. The quantitative estimate of drug-likeness (QED) is 0.682. The molecule has 1 rings (SSSR count). The molecule has 0 radical (unpaired) electrons. The van der Waals surface area contributed by atoms with Crippen molar-refractivity contribution in [2.75, 3.05) is 13.1 Å². The monoisotopic (exact) mass is 222 g/mol. The summed E-state index contributed by atoms with van der Waals surface area (Å²) in [6, 6.07) is 2.24. The fourth-order valence-corrected chi connectivity index (χ4v) is 2.37. The minimum Gasteiger partial charge on any atom is -0.316 e. The van der Waals surface area contributed by atoms with Gasteiger partial charge in [-0.1, -0.05) is 27.2 Å². The van der Waals surface area contributed by atoms with Crippen LogP contribution in [0, 0.1) is 22.2 Å². The lowest BCUT2D eigenvalue weighted by molar-refractivity contribution is 0.298. The maximum Gasteiger partial charge on any atom is 0.0621 e. The van der Waals surface area contributed by atoms with Gasteiger partial charge in [-0.05, 0) is 36.5 Å². The largest absolute Gasteiger partial charge is 0.316 e. The van der Waals surface area contributed by atoms with Crippen LogP contribution in [0.15, 0.2) is 0 Å². The smallest absolute Gasteiger partial charge is 0.0621 e. The summed E-state index contributed by atoms with van der Waals surface area (Å²) in [5.41, 5.74) is 0.901. The number of hydrogen-bond donors (Lipinski definition) is 1. The number of nitrogens with zero attached hydrogens (tertiary/aromatic N) is 1. The van der Waals surface area contributed by atoms with Gasteiger partial charge in [0.1, 0.15) is 0 Å². The first-order chi connectivity index (χ1) is 7.54. The lowest BCUT2D eigenvalue weighted by Gasteiger charge is -2.25. The highest BCUT2D eigenvalue weighted by Crippen LogP contribution is 2.49. The summed E-state index contributed by atoms with van der Waals surface area (Å²) in [6.07, 6.45) is 7.17. The summed E-state index contributed by atoms with van der Waals surface area (Å²) in [7, 11) is 0. The third-order valence-corrected chi connectivity index (χ3v) is 3.75. The SMILES string of the molecule is CCCC1(CNCC(C)(C)CCC#N)CC1. The van der Waals surface area contributed by atoms with Gasteiger partial charge in [0, 0.05) is 19.5 Å². The fraction of sp³-hybridized carbons (Fsp3) is 0.929. The normalized spacial score (nSPS) is 18.1. The van der Waals surface area contributed by atoms with Crippen LogP contribution in [-0.2, 0) is 0 Å². The van der Waals surface area contributed by atoms with Gasteiger partial charge in [0.05, 0.1) is 6.07 Å². The molecule has 0 unspecified atom stereocenters. The van der Waals surface area contributed by atoms with Crippen molar-refractivity contribution in [3.63, 3.8) is 0 Å². The van der Waals surface area contributed by atoms with Crippen LogP contribution in [0.1, 0.15) is 59.3 Å². The molecule has 92 valence electrons. The third kappa shape index (κ3) is 4.53. The van der Waals surface area contributed by atoms with Crippen molar-refractivity contribution in [2.45, 2.75) is 59.3 Å². The third-order valence-electron chi connectivity index (χ3n) is 3.75. The Morgan fingerprint density at radius 2 is 2.06 bits per heavy atom. The van der Waals surface area contributed by atoms with E-state index in [0.717, 1.165) is 13.0 Å². The van der Waals surface area contributed by atoms with E-state index in [9.17, 15) is 0 Å². The van der Waals surface area contributed by atoms with Crippen molar-refractivity contribution in [3.05, 3.63) is 0 Å². The maximum absolute atomic E-state index is 8.59. The molecule has 0 atom stereocenters.